The van der Waals surface area contributed by atoms with E-state index in [1.54, 1.807) is 25.3 Å². The third kappa shape index (κ3) is 4.10. The number of nitrogens with two attached hydrogens (primary N) is 1. The topological polar surface area (TPSA) is 67.9 Å². The number of carbonyl (C=O) groups is 1. The molecule has 9 heteroatoms. The molecule has 0 spiro atoms. The summed E-state index contributed by atoms with van der Waals surface area (Å²) >= 11 is 1.38. The Kier molecular flexibility index (Phi) is 4.70. The molecule has 1 aliphatic carbocycles. The van der Waals surface area contributed by atoms with Crippen LogP contribution < -0.4 is 5.73 Å². The standard InChI is InChI=1S/C16H16F3N3O2S/c1-22-14(23)8-11(21-15(22)20)13-6-5-12(25-13)9-3-2-4-10(7-9)24-16(17,18)19/h2-3,5-7,10-11H,4,8H2,1H3,(H2,20,21)/t10?,11-/m0/s1. The average Bonchev–Trinajstić information content (AvgIpc) is 3.01. The second-order valence-electron chi connectivity index (χ2n) is 5.72. The van der Waals surface area contributed by atoms with Gasteiger partial charge in [0.15, 0.2) is 5.96 Å². The number of ether oxygens (including phenoxy) is 1. The van der Waals surface area contributed by atoms with Crippen LogP contribution in [0, 0.1) is 0 Å². The van der Waals surface area contributed by atoms with Gasteiger partial charge in [-0.2, -0.15) is 0 Å². The molecule has 0 saturated carbocycles. The molecule has 2 heterocycles. The summed E-state index contributed by atoms with van der Waals surface area (Å²) in [5, 5.41) is 0. The average molecular weight is 371 g/mol. The third-order valence-corrected chi connectivity index (χ3v) is 5.17. The van der Waals surface area contributed by atoms with Crippen LogP contribution in [-0.2, 0) is 9.53 Å². The highest BCUT2D eigenvalue weighted by atomic mass is 32.1. The van der Waals surface area contributed by atoms with Crippen LogP contribution in [0.1, 0.15) is 28.6 Å². The van der Waals surface area contributed by atoms with Crippen molar-refractivity contribution in [2.45, 2.75) is 31.3 Å². The van der Waals surface area contributed by atoms with Crippen molar-refractivity contribution in [1.29, 1.82) is 0 Å². The molecule has 0 aromatic carbocycles. The van der Waals surface area contributed by atoms with Gasteiger partial charge in [-0.1, -0.05) is 12.2 Å². The number of guanidine groups is 1. The number of nitrogens with zero attached hydrogens (tertiary/aromatic N) is 2. The lowest BCUT2D eigenvalue weighted by Gasteiger charge is -2.24. The van der Waals surface area contributed by atoms with Gasteiger partial charge in [0, 0.05) is 16.8 Å². The van der Waals surface area contributed by atoms with Gasteiger partial charge < -0.3 is 5.73 Å². The summed E-state index contributed by atoms with van der Waals surface area (Å²) in [6.45, 7) is 0. The van der Waals surface area contributed by atoms with Gasteiger partial charge in [-0.05, 0) is 30.2 Å². The first-order chi connectivity index (χ1) is 11.7. The summed E-state index contributed by atoms with van der Waals surface area (Å²) in [5.74, 6) is 0.0366. The fourth-order valence-electron chi connectivity index (χ4n) is 2.64. The maximum absolute atomic E-state index is 12.4. The molecule has 5 nitrogen and oxygen atoms in total. The van der Waals surface area contributed by atoms with E-state index in [9.17, 15) is 18.0 Å². The summed E-state index contributed by atoms with van der Waals surface area (Å²) in [6.07, 6.45) is -0.440. The molecule has 0 bridgehead atoms. The molecule has 1 unspecified atom stereocenters. The molecule has 25 heavy (non-hydrogen) atoms. The molecule has 0 radical (unpaired) electrons. The molecule has 3 rings (SSSR count). The van der Waals surface area contributed by atoms with Crippen molar-refractivity contribution in [3.63, 3.8) is 0 Å². The van der Waals surface area contributed by atoms with E-state index in [0.717, 1.165) is 9.75 Å². The van der Waals surface area contributed by atoms with Gasteiger partial charge in [0.25, 0.3) is 0 Å². The number of halogens is 3. The van der Waals surface area contributed by atoms with Crippen LogP contribution in [0.3, 0.4) is 0 Å². The SMILES string of the molecule is CN1C(=O)C[C@@H](c2ccc(C3=CC(OC(F)(F)F)CC=C3)s2)N=C1N. The second kappa shape index (κ2) is 6.64. The quantitative estimate of drug-likeness (QED) is 0.887. The van der Waals surface area contributed by atoms with E-state index in [-0.39, 0.29) is 30.8 Å². The maximum atomic E-state index is 12.4. The molecule has 1 aromatic heterocycles. The summed E-state index contributed by atoms with van der Waals surface area (Å²) in [7, 11) is 1.57. The fourth-order valence-corrected chi connectivity index (χ4v) is 3.70. The normalized spacial score (nSPS) is 24.3. The van der Waals surface area contributed by atoms with E-state index in [2.05, 4.69) is 9.73 Å². The maximum Gasteiger partial charge on any atom is 0.523 e. The van der Waals surface area contributed by atoms with E-state index in [1.807, 2.05) is 6.07 Å². The van der Waals surface area contributed by atoms with Gasteiger partial charge in [0.2, 0.25) is 5.91 Å². The molecule has 2 atom stereocenters. The van der Waals surface area contributed by atoms with Gasteiger partial charge in [-0.15, -0.1) is 24.5 Å². The number of aliphatic imine (C=N–C) groups is 1. The molecule has 1 amide bonds. The first-order valence-corrected chi connectivity index (χ1v) is 8.37. The molecule has 1 aromatic rings. The number of carbonyl (C=O) groups excluding carboxylic acids is 1. The largest absolute Gasteiger partial charge is 0.523 e. The molecule has 134 valence electrons. The van der Waals surface area contributed by atoms with Gasteiger partial charge in [0.1, 0.15) is 0 Å². The highest BCUT2D eigenvalue weighted by Gasteiger charge is 2.33. The van der Waals surface area contributed by atoms with E-state index in [4.69, 9.17) is 5.73 Å². The zero-order valence-corrected chi connectivity index (χ0v) is 14.1. The first-order valence-electron chi connectivity index (χ1n) is 7.56. The lowest BCUT2D eigenvalue weighted by molar-refractivity contribution is -0.335. The van der Waals surface area contributed by atoms with Gasteiger partial charge in [-0.25, -0.2) is 4.99 Å². The number of allylic oxidation sites excluding steroid dienone is 2. The Labute approximate surface area is 146 Å². The number of amides is 1. The highest BCUT2D eigenvalue weighted by molar-refractivity contribution is 7.13. The van der Waals surface area contributed by atoms with Gasteiger partial charge in [0.05, 0.1) is 18.6 Å². The summed E-state index contributed by atoms with van der Waals surface area (Å²) in [6, 6.07) is 3.27. The minimum absolute atomic E-state index is 0.122. The summed E-state index contributed by atoms with van der Waals surface area (Å²) in [5.41, 5.74) is 6.40. The van der Waals surface area contributed by atoms with E-state index < -0.39 is 12.5 Å². The molecule has 2 aliphatic rings. The molecular formula is C16H16F3N3O2S. The lowest BCUT2D eigenvalue weighted by atomic mass is 10.0. The van der Waals surface area contributed by atoms with E-state index in [0.29, 0.717) is 5.57 Å². The number of hydrogen-bond acceptors (Lipinski definition) is 5. The van der Waals surface area contributed by atoms with E-state index >= 15 is 0 Å². The molecule has 1 aliphatic heterocycles. The van der Waals surface area contributed by atoms with Crippen molar-refractivity contribution in [1.82, 2.24) is 4.90 Å². The van der Waals surface area contributed by atoms with Crippen LogP contribution in [0.4, 0.5) is 13.2 Å². The van der Waals surface area contributed by atoms with Crippen molar-refractivity contribution in [3.8, 4) is 0 Å². The minimum atomic E-state index is -4.67. The molecular weight excluding hydrogens is 355 g/mol. The van der Waals surface area contributed by atoms with Crippen LogP contribution >= 0.6 is 11.3 Å². The Hall–Kier alpha value is -2.13. The number of hydrogen-bond donors (Lipinski definition) is 1. The van der Waals surface area contributed by atoms with Crippen LogP contribution in [0.25, 0.3) is 5.57 Å². The highest BCUT2D eigenvalue weighted by Crippen LogP contribution is 2.36. The predicted molar refractivity (Wildman–Crippen MR) is 88.7 cm³/mol. The Morgan fingerprint density at radius 3 is 2.84 bits per heavy atom. The van der Waals surface area contributed by atoms with E-state index in [1.165, 1.54) is 22.3 Å². The van der Waals surface area contributed by atoms with Gasteiger partial charge >= 0.3 is 6.36 Å². The number of rotatable bonds is 3. The van der Waals surface area contributed by atoms with Crippen molar-refractivity contribution in [2.75, 3.05) is 7.05 Å². The minimum Gasteiger partial charge on any atom is -0.369 e. The van der Waals surface area contributed by atoms with Crippen LogP contribution in [0.2, 0.25) is 0 Å². The van der Waals surface area contributed by atoms with Crippen LogP contribution in [0.15, 0.2) is 35.4 Å². The van der Waals surface area contributed by atoms with Crippen molar-refractivity contribution >= 4 is 28.8 Å². The fraction of sp³-hybridized carbons (Fsp3) is 0.375. The van der Waals surface area contributed by atoms with Gasteiger partial charge in [-0.3, -0.25) is 14.4 Å². The number of alkyl halides is 3. The number of thiophene rings is 1. The Balaban J connectivity index is 1.79. The molecule has 0 fully saturated rings. The smallest absolute Gasteiger partial charge is 0.369 e. The summed E-state index contributed by atoms with van der Waals surface area (Å²) < 4.78 is 41.2. The van der Waals surface area contributed by atoms with Crippen molar-refractivity contribution in [3.05, 3.63) is 40.1 Å². The zero-order valence-electron chi connectivity index (χ0n) is 13.3. The van der Waals surface area contributed by atoms with Crippen molar-refractivity contribution in [2.24, 2.45) is 10.7 Å². The molecule has 0 saturated heterocycles. The third-order valence-electron chi connectivity index (χ3n) is 3.93. The van der Waals surface area contributed by atoms with Crippen LogP contribution in [0.5, 0.6) is 0 Å². The Morgan fingerprint density at radius 1 is 1.40 bits per heavy atom. The summed E-state index contributed by atoms with van der Waals surface area (Å²) in [4.78, 5) is 19.1. The first kappa shape index (κ1) is 17.7. The lowest BCUT2D eigenvalue weighted by Crippen LogP contribution is -2.42. The monoisotopic (exact) mass is 371 g/mol. The Morgan fingerprint density at radius 2 is 2.16 bits per heavy atom. The predicted octanol–water partition coefficient (Wildman–Crippen LogP) is 3.21. The van der Waals surface area contributed by atoms with Crippen molar-refractivity contribution < 1.29 is 22.7 Å². The Bertz CT molecular complexity index is 767. The molecule has 2 N–H and O–H groups in total. The second-order valence-corrected chi connectivity index (χ2v) is 6.84. The zero-order chi connectivity index (χ0) is 18.2. The van der Waals surface area contributed by atoms with Crippen LogP contribution in [-0.4, -0.2) is 36.3 Å².